The number of hydrogen-bond donors (Lipinski definition) is 2. The highest BCUT2D eigenvalue weighted by molar-refractivity contribution is 6.03. The van der Waals surface area contributed by atoms with E-state index in [4.69, 9.17) is 4.74 Å². The fourth-order valence-electron chi connectivity index (χ4n) is 2.65. The second kappa shape index (κ2) is 10.4. The SMILES string of the molecule is O=C(/C=C\c1ccccc1)Nc1ccc(C(=O)O)c(OC(=O)/C=C\c2ccccc2)c1. The molecule has 0 atom stereocenters. The van der Waals surface area contributed by atoms with Crippen LogP contribution in [0.25, 0.3) is 12.2 Å². The molecule has 0 radical (unpaired) electrons. The van der Waals surface area contributed by atoms with Gasteiger partial charge in [-0.05, 0) is 35.4 Å². The van der Waals surface area contributed by atoms with Crippen molar-refractivity contribution in [3.63, 3.8) is 0 Å². The fourth-order valence-corrected chi connectivity index (χ4v) is 2.65. The van der Waals surface area contributed by atoms with Gasteiger partial charge in [-0.15, -0.1) is 0 Å². The number of rotatable bonds is 7. The summed E-state index contributed by atoms with van der Waals surface area (Å²) in [6.07, 6.45) is 5.77. The Hall–Kier alpha value is -4.45. The van der Waals surface area contributed by atoms with Crippen LogP contribution in [0.5, 0.6) is 5.75 Å². The minimum Gasteiger partial charge on any atom is -0.478 e. The molecule has 154 valence electrons. The van der Waals surface area contributed by atoms with E-state index in [0.717, 1.165) is 11.1 Å². The third kappa shape index (κ3) is 6.54. The van der Waals surface area contributed by atoms with Gasteiger partial charge in [-0.25, -0.2) is 9.59 Å². The van der Waals surface area contributed by atoms with Gasteiger partial charge >= 0.3 is 11.9 Å². The van der Waals surface area contributed by atoms with Gasteiger partial charge < -0.3 is 15.2 Å². The van der Waals surface area contributed by atoms with E-state index >= 15 is 0 Å². The molecule has 0 unspecified atom stereocenters. The van der Waals surface area contributed by atoms with Crippen LogP contribution in [-0.4, -0.2) is 23.0 Å². The molecule has 0 saturated carbocycles. The molecule has 0 saturated heterocycles. The number of nitrogens with one attached hydrogen (secondary N) is 1. The predicted octanol–water partition coefficient (Wildman–Crippen LogP) is 4.66. The van der Waals surface area contributed by atoms with Gasteiger partial charge in [0.2, 0.25) is 5.91 Å². The smallest absolute Gasteiger partial charge is 0.339 e. The second-order valence-electron chi connectivity index (χ2n) is 6.41. The molecule has 0 aliphatic rings. The largest absolute Gasteiger partial charge is 0.478 e. The van der Waals surface area contributed by atoms with Crippen molar-refractivity contribution >= 4 is 35.7 Å². The summed E-state index contributed by atoms with van der Waals surface area (Å²) >= 11 is 0. The zero-order valence-corrected chi connectivity index (χ0v) is 16.4. The minimum atomic E-state index is -1.25. The number of hydrogen-bond acceptors (Lipinski definition) is 4. The number of amides is 1. The number of carboxylic acids is 1. The highest BCUT2D eigenvalue weighted by atomic mass is 16.5. The molecule has 0 aliphatic carbocycles. The summed E-state index contributed by atoms with van der Waals surface area (Å²) in [5, 5.41) is 12.0. The number of benzene rings is 3. The van der Waals surface area contributed by atoms with Crippen LogP contribution in [0.4, 0.5) is 5.69 Å². The van der Waals surface area contributed by atoms with Crippen molar-refractivity contribution in [3.8, 4) is 5.75 Å². The normalized spacial score (nSPS) is 10.8. The number of esters is 1. The standard InChI is InChI=1S/C25H19NO5/c27-23(15-11-18-7-3-1-4-8-18)26-20-13-14-21(25(29)30)22(17-20)31-24(28)16-12-19-9-5-2-6-10-19/h1-17H,(H,26,27)(H,29,30)/b15-11-,16-12-. The molecule has 3 aromatic rings. The third-order valence-electron chi connectivity index (χ3n) is 4.13. The van der Waals surface area contributed by atoms with Crippen LogP contribution in [0, 0.1) is 0 Å². The van der Waals surface area contributed by atoms with E-state index < -0.39 is 17.8 Å². The highest BCUT2D eigenvalue weighted by Crippen LogP contribution is 2.24. The maximum absolute atomic E-state index is 12.2. The van der Waals surface area contributed by atoms with Crippen LogP contribution >= 0.6 is 0 Å². The Balaban J connectivity index is 1.72. The molecule has 0 bridgehead atoms. The van der Waals surface area contributed by atoms with Gasteiger partial charge in [-0.3, -0.25) is 4.79 Å². The van der Waals surface area contributed by atoms with Gasteiger partial charge in [0, 0.05) is 23.9 Å². The third-order valence-corrected chi connectivity index (χ3v) is 4.13. The number of carboxylic acid groups (broad SMARTS) is 1. The molecule has 0 aromatic heterocycles. The summed E-state index contributed by atoms with van der Waals surface area (Å²) in [4.78, 5) is 35.8. The Labute approximate surface area is 179 Å². The summed E-state index contributed by atoms with van der Waals surface area (Å²) < 4.78 is 5.20. The average Bonchev–Trinajstić information content (AvgIpc) is 2.78. The van der Waals surface area contributed by atoms with E-state index in [2.05, 4.69) is 5.32 Å². The first-order chi connectivity index (χ1) is 15.0. The van der Waals surface area contributed by atoms with Gasteiger partial charge in [-0.2, -0.15) is 0 Å². The molecule has 1 amide bonds. The summed E-state index contributed by atoms with van der Waals surface area (Å²) in [6, 6.07) is 22.4. The first kappa shape index (κ1) is 21.3. The van der Waals surface area contributed by atoms with Crippen LogP contribution in [0.1, 0.15) is 21.5 Å². The summed E-state index contributed by atoms with van der Waals surface area (Å²) in [6.45, 7) is 0. The van der Waals surface area contributed by atoms with E-state index in [-0.39, 0.29) is 11.3 Å². The molecular weight excluding hydrogens is 394 g/mol. The van der Waals surface area contributed by atoms with E-state index in [1.807, 2.05) is 60.7 Å². The summed E-state index contributed by atoms with van der Waals surface area (Å²) in [7, 11) is 0. The van der Waals surface area contributed by atoms with Crippen molar-refractivity contribution in [2.75, 3.05) is 5.32 Å². The Morgan fingerprint density at radius 2 is 1.35 bits per heavy atom. The lowest BCUT2D eigenvalue weighted by Crippen LogP contribution is -2.11. The first-order valence-electron chi connectivity index (χ1n) is 9.37. The minimum absolute atomic E-state index is 0.167. The van der Waals surface area contributed by atoms with Crippen LogP contribution in [-0.2, 0) is 9.59 Å². The van der Waals surface area contributed by atoms with Crippen molar-refractivity contribution in [2.24, 2.45) is 0 Å². The van der Waals surface area contributed by atoms with Crippen LogP contribution in [0.15, 0.2) is 91.0 Å². The lowest BCUT2D eigenvalue weighted by molar-refractivity contribution is -0.128. The fraction of sp³-hybridized carbons (Fsp3) is 0. The van der Waals surface area contributed by atoms with E-state index in [9.17, 15) is 19.5 Å². The van der Waals surface area contributed by atoms with Crippen molar-refractivity contribution in [1.82, 2.24) is 0 Å². The summed E-state index contributed by atoms with van der Waals surface area (Å²) in [5.74, 6) is -2.57. The molecule has 0 spiro atoms. The van der Waals surface area contributed by atoms with Crippen LogP contribution in [0.3, 0.4) is 0 Å². The molecule has 0 aliphatic heterocycles. The number of carbonyl (C=O) groups is 3. The number of ether oxygens (including phenoxy) is 1. The van der Waals surface area contributed by atoms with Gasteiger partial charge in [0.05, 0.1) is 0 Å². The topological polar surface area (TPSA) is 92.7 Å². The van der Waals surface area contributed by atoms with Crippen molar-refractivity contribution in [2.45, 2.75) is 0 Å². The van der Waals surface area contributed by atoms with E-state index in [0.29, 0.717) is 5.69 Å². The molecule has 6 heteroatoms. The maximum Gasteiger partial charge on any atom is 0.339 e. The zero-order valence-electron chi connectivity index (χ0n) is 16.4. The Bertz CT molecular complexity index is 1140. The molecule has 3 rings (SSSR count). The Kier molecular flexibility index (Phi) is 7.11. The monoisotopic (exact) mass is 413 g/mol. The molecule has 31 heavy (non-hydrogen) atoms. The highest BCUT2D eigenvalue weighted by Gasteiger charge is 2.15. The van der Waals surface area contributed by atoms with Crippen molar-refractivity contribution in [3.05, 3.63) is 108 Å². The average molecular weight is 413 g/mol. The first-order valence-corrected chi connectivity index (χ1v) is 9.37. The molecule has 2 N–H and O–H groups in total. The maximum atomic E-state index is 12.2. The van der Waals surface area contributed by atoms with E-state index in [1.165, 1.54) is 30.4 Å². The number of anilines is 1. The van der Waals surface area contributed by atoms with Gasteiger partial charge in [0.1, 0.15) is 11.3 Å². The van der Waals surface area contributed by atoms with Crippen molar-refractivity contribution in [1.29, 1.82) is 0 Å². The van der Waals surface area contributed by atoms with Gasteiger partial charge in [0.25, 0.3) is 0 Å². The molecule has 3 aromatic carbocycles. The Morgan fingerprint density at radius 1 is 0.774 bits per heavy atom. The van der Waals surface area contributed by atoms with E-state index in [1.54, 1.807) is 12.2 Å². The Morgan fingerprint density at radius 3 is 1.94 bits per heavy atom. The molecule has 0 heterocycles. The molecule has 0 fully saturated rings. The number of aromatic carboxylic acids is 1. The lowest BCUT2D eigenvalue weighted by atomic mass is 10.1. The lowest BCUT2D eigenvalue weighted by Gasteiger charge is -2.09. The summed E-state index contributed by atoms with van der Waals surface area (Å²) in [5.41, 5.74) is 1.75. The zero-order chi connectivity index (χ0) is 22.1. The van der Waals surface area contributed by atoms with Gasteiger partial charge in [0.15, 0.2) is 0 Å². The second-order valence-corrected chi connectivity index (χ2v) is 6.41. The quantitative estimate of drug-likeness (QED) is 0.334. The van der Waals surface area contributed by atoms with Crippen LogP contribution in [0.2, 0.25) is 0 Å². The number of carbonyl (C=O) groups excluding carboxylic acids is 2. The predicted molar refractivity (Wildman–Crippen MR) is 119 cm³/mol. The molecule has 6 nitrogen and oxygen atoms in total. The molecular formula is C25H19NO5. The van der Waals surface area contributed by atoms with Crippen LogP contribution < -0.4 is 10.1 Å². The van der Waals surface area contributed by atoms with Crippen molar-refractivity contribution < 1.29 is 24.2 Å². The van der Waals surface area contributed by atoms with Gasteiger partial charge in [-0.1, -0.05) is 60.7 Å².